The number of nitrogens with one attached hydrogen (secondary N) is 1. The van der Waals surface area contributed by atoms with Crippen LogP contribution in [0, 0.1) is 0 Å². The lowest BCUT2D eigenvalue weighted by Gasteiger charge is -2.29. The average molecular weight is 405 g/mol. The van der Waals surface area contributed by atoms with Crippen molar-refractivity contribution in [3.8, 4) is 11.4 Å². The van der Waals surface area contributed by atoms with E-state index in [1.165, 1.54) is 0 Å². The van der Waals surface area contributed by atoms with E-state index < -0.39 is 0 Å². The van der Waals surface area contributed by atoms with E-state index in [2.05, 4.69) is 24.8 Å². The molecule has 5 heterocycles. The molecule has 0 bridgehead atoms. The molecule has 0 unspecified atom stereocenters. The van der Waals surface area contributed by atoms with Gasteiger partial charge >= 0.3 is 0 Å². The number of fused-ring (bicyclic) bond motifs is 1. The van der Waals surface area contributed by atoms with Gasteiger partial charge in [-0.15, -0.1) is 0 Å². The quantitative estimate of drug-likeness (QED) is 0.687. The van der Waals surface area contributed by atoms with Crippen LogP contribution in [0.1, 0.15) is 17.0 Å². The van der Waals surface area contributed by atoms with Crippen LogP contribution in [0.15, 0.2) is 41.6 Å². The van der Waals surface area contributed by atoms with Crippen LogP contribution in [-0.4, -0.2) is 62.7 Å². The van der Waals surface area contributed by atoms with Gasteiger partial charge in [-0.1, -0.05) is 0 Å². The highest BCUT2D eigenvalue weighted by molar-refractivity contribution is 5.53. The maximum absolute atomic E-state index is 12.7. The Morgan fingerprint density at radius 1 is 1.10 bits per heavy atom. The highest BCUT2D eigenvalue weighted by atomic mass is 16.5. The molecule has 1 fully saturated rings. The fraction of sp³-hybridized carbons (Fsp3) is 0.381. The van der Waals surface area contributed by atoms with E-state index in [0.717, 1.165) is 54.5 Å². The minimum absolute atomic E-state index is 0.0831. The highest BCUT2D eigenvalue weighted by Gasteiger charge is 2.22. The fourth-order valence-corrected chi connectivity index (χ4v) is 3.87. The number of anilines is 1. The normalized spacial score (nSPS) is 17.0. The molecule has 0 atom stereocenters. The first kappa shape index (κ1) is 18.8. The number of aromatic nitrogens is 5. The number of ether oxygens (including phenoxy) is 1. The third-order valence-electron chi connectivity index (χ3n) is 5.46. The van der Waals surface area contributed by atoms with Gasteiger partial charge in [-0.25, -0.2) is 15.0 Å². The largest absolute Gasteiger partial charge is 0.378 e. The molecule has 0 amide bonds. The Kier molecular flexibility index (Phi) is 5.20. The van der Waals surface area contributed by atoms with Crippen molar-refractivity contribution in [3.63, 3.8) is 0 Å². The smallest absolute Gasteiger partial charge is 0.255 e. The van der Waals surface area contributed by atoms with Gasteiger partial charge in [0.1, 0.15) is 5.82 Å². The van der Waals surface area contributed by atoms with Crippen LogP contribution in [-0.2, 0) is 24.2 Å². The molecular formula is C21H23N7O2. The van der Waals surface area contributed by atoms with Gasteiger partial charge < -0.3 is 14.6 Å². The molecular weight excluding hydrogens is 382 g/mol. The van der Waals surface area contributed by atoms with Crippen LogP contribution in [0.2, 0.25) is 0 Å². The van der Waals surface area contributed by atoms with E-state index in [4.69, 9.17) is 14.7 Å². The molecule has 2 aliphatic heterocycles. The zero-order valence-electron chi connectivity index (χ0n) is 16.6. The molecule has 0 spiro atoms. The van der Waals surface area contributed by atoms with Crippen LogP contribution in [0.4, 0.5) is 5.95 Å². The SMILES string of the molecule is O=c1[nH]c(-c2cccnc2)nc2c1CN(Cc1ccnc(N3CCOCC3)n1)CC2. The fourth-order valence-electron chi connectivity index (χ4n) is 3.87. The Morgan fingerprint density at radius 2 is 2.00 bits per heavy atom. The molecule has 1 N–H and O–H groups in total. The zero-order valence-corrected chi connectivity index (χ0v) is 16.6. The van der Waals surface area contributed by atoms with E-state index in [0.29, 0.717) is 32.1 Å². The van der Waals surface area contributed by atoms with Crippen molar-refractivity contribution in [2.24, 2.45) is 0 Å². The molecule has 154 valence electrons. The first-order valence-electron chi connectivity index (χ1n) is 10.2. The molecule has 30 heavy (non-hydrogen) atoms. The first-order valence-corrected chi connectivity index (χ1v) is 10.2. The molecule has 1 saturated heterocycles. The maximum Gasteiger partial charge on any atom is 0.255 e. The maximum atomic E-state index is 12.7. The Bertz CT molecular complexity index is 1080. The van der Waals surface area contributed by atoms with Crippen molar-refractivity contribution in [2.75, 3.05) is 37.7 Å². The molecule has 0 aromatic carbocycles. The van der Waals surface area contributed by atoms with E-state index >= 15 is 0 Å². The first-order chi connectivity index (χ1) is 14.8. The standard InChI is InChI=1S/C21H23N7O2/c29-20-17-14-27(7-4-18(17)25-19(26-20)15-2-1-5-22-12-15)13-16-3-6-23-21(24-16)28-8-10-30-11-9-28/h1-3,5-6,12H,4,7-11,13-14H2,(H,25,26,29). The average Bonchev–Trinajstić information content (AvgIpc) is 2.81. The van der Waals surface area contributed by atoms with Crippen molar-refractivity contribution in [1.82, 2.24) is 29.8 Å². The van der Waals surface area contributed by atoms with E-state index in [9.17, 15) is 4.79 Å². The second-order valence-corrected chi connectivity index (χ2v) is 7.49. The third-order valence-corrected chi connectivity index (χ3v) is 5.46. The van der Waals surface area contributed by atoms with E-state index in [1.807, 2.05) is 18.2 Å². The number of aromatic amines is 1. The van der Waals surface area contributed by atoms with Crippen LogP contribution >= 0.6 is 0 Å². The van der Waals surface area contributed by atoms with Gasteiger partial charge in [0, 0.05) is 63.3 Å². The molecule has 5 rings (SSSR count). The molecule has 9 nitrogen and oxygen atoms in total. The van der Waals surface area contributed by atoms with Gasteiger partial charge in [-0.05, 0) is 18.2 Å². The number of rotatable bonds is 4. The number of morpholine rings is 1. The van der Waals surface area contributed by atoms with Crippen molar-refractivity contribution < 1.29 is 4.74 Å². The van der Waals surface area contributed by atoms with Gasteiger partial charge in [-0.3, -0.25) is 14.7 Å². The molecule has 3 aromatic heterocycles. The number of nitrogens with zero attached hydrogens (tertiary/aromatic N) is 6. The summed E-state index contributed by atoms with van der Waals surface area (Å²) < 4.78 is 5.41. The van der Waals surface area contributed by atoms with Crippen molar-refractivity contribution in [3.05, 3.63) is 64.1 Å². The molecule has 0 saturated carbocycles. The summed E-state index contributed by atoms with van der Waals surface area (Å²) in [6.07, 6.45) is 5.95. The Morgan fingerprint density at radius 3 is 2.83 bits per heavy atom. The minimum atomic E-state index is -0.0831. The summed E-state index contributed by atoms with van der Waals surface area (Å²) >= 11 is 0. The summed E-state index contributed by atoms with van der Waals surface area (Å²) in [7, 11) is 0. The number of pyridine rings is 1. The van der Waals surface area contributed by atoms with Gasteiger partial charge in [0.2, 0.25) is 5.95 Å². The van der Waals surface area contributed by atoms with Gasteiger partial charge in [0.05, 0.1) is 30.2 Å². The lowest BCUT2D eigenvalue weighted by Crippen LogP contribution is -2.38. The van der Waals surface area contributed by atoms with Crippen molar-refractivity contribution in [1.29, 1.82) is 0 Å². The monoisotopic (exact) mass is 405 g/mol. The number of hydrogen-bond acceptors (Lipinski definition) is 8. The lowest BCUT2D eigenvalue weighted by molar-refractivity contribution is 0.122. The minimum Gasteiger partial charge on any atom is -0.378 e. The van der Waals surface area contributed by atoms with Crippen LogP contribution < -0.4 is 10.5 Å². The summed E-state index contributed by atoms with van der Waals surface area (Å²) in [5.74, 6) is 1.32. The van der Waals surface area contributed by atoms with E-state index in [1.54, 1.807) is 18.6 Å². The summed E-state index contributed by atoms with van der Waals surface area (Å²) in [6, 6.07) is 5.67. The predicted octanol–water partition coefficient (Wildman–Crippen LogP) is 1.02. The summed E-state index contributed by atoms with van der Waals surface area (Å²) in [4.78, 5) is 38.0. The topological polar surface area (TPSA) is 100 Å². The zero-order chi connectivity index (χ0) is 20.3. The van der Waals surface area contributed by atoms with Crippen LogP contribution in [0.3, 0.4) is 0 Å². The van der Waals surface area contributed by atoms with E-state index in [-0.39, 0.29) is 5.56 Å². The second-order valence-electron chi connectivity index (χ2n) is 7.49. The molecule has 9 heteroatoms. The molecule has 3 aromatic rings. The number of hydrogen-bond donors (Lipinski definition) is 1. The lowest BCUT2D eigenvalue weighted by atomic mass is 10.1. The predicted molar refractivity (Wildman–Crippen MR) is 111 cm³/mol. The summed E-state index contributed by atoms with van der Waals surface area (Å²) in [5.41, 5.74) is 3.28. The van der Waals surface area contributed by atoms with Crippen molar-refractivity contribution in [2.45, 2.75) is 19.5 Å². The van der Waals surface area contributed by atoms with Crippen LogP contribution in [0.25, 0.3) is 11.4 Å². The Hall–Kier alpha value is -3.17. The molecule has 0 aliphatic carbocycles. The van der Waals surface area contributed by atoms with Gasteiger partial charge in [0.15, 0.2) is 0 Å². The summed E-state index contributed by atoms with van der Waals surface area (Å²) in [5, 5.41) is 0. The number of H-pyrrole nitrogens is 1. The Balaban J connectivity index is 1.32. The van der Waals surface area contributed by atoms with Gasteiger partial charge in [0.25, 0.3) is 5.56 Å². The van der Waals surface area contributed by atoms with Crippen molar-refractivity contribution >= 4 is 5.95 Å². The highest BCUT2D eigenvalue weighted by Crippen LogP contribution is 2.19. The third kappa shape index (κ3) is 3.94. The Labute approximate surface area is 173 Å². The molecule has 2 aliphatic rings. The second kappa shape index (κ2) is 8.29. The molecule has 0 radical (unpaired) electrons. The van der Waals surface area contributed by atoms with Crippen LogP contribution in [0.5, 0.6) is 0 Å². The van der Waals surface area contributed by atoms with Gasteiger partial charge in [-0.2, -0.15) is 0 Å². The summed E-state index contributed by atoms with van der Waals surface area (Å²) in [6.45, 7) is 5.07.